The molecule has 0 atom stereocenters. The molecule has 2 rings (SSSR count). The Kier molecular flexibility index (Phi) is 4.60. The maximum atomic E-state index is 12.2. The highest BCUT2D eigenvalue weighted by atomic mass is 16.6. The first-order valence-electron chi connectivity index (χ1n) is 7.39. The van der Waals surface area contributed by atoms with Gasteiger partial charge in [-0.2, -0.15) is 0 Å². The minimum Gasteiger partial charge on any atom is -0.497 e. The first-order chi connectivity index (χ1) is 11.8. The molecule has 0 aliphatic heterocycles. The van der Waals surface area contributed by atoms with Gasteiger partial charge in [-0.1, -0.05) is 6.07 Å². The van der Waals surface area contributed by atoms with Crippen molar-refractivity contribution in [3.63, 3.8) is 0 Å². The van der Waals surface area contributed by atoms with Gasteiger partial charge in [0.1, 0.15) is 17.1 Å². The van der Waals surface area contributed by atoms with E-state index in [9.17, 15) is 14.4 Å². The zero-order valence-corrected chi connectivity index (χ0v) is 13.6. The summed E-state index contributed by atoms with van der Waals surface area (Å²) in [5, 5.41) is 0.755. The summed E-state index contributed by atoms with van der Waals surface area (Å²) in [6.45, 7) is 2.34. The van der Waals surface area contributed by atoms with E-state index >= 15 is 0 Å². The maximum absolute atomic E-state index is 12.2. The molecule has 0 unspecified atom stereocenters. The summed E-state index contributed by atoms with van der Waals surface area (Å²) < 4.78 is 28.0. The van der Waals surface area contributed by atoms with Gasteiger partial charge in [0.25, 0.3) is 0 Å². The van der Waals surface area contributed by atoms with Crippen LogP contribution in [0.2, 0.25) is 0 Å². The molecule has 0 bridgehead atoms. The van der Waals surface area contributed by atoms with E-state index in [1.54, 1.807) is 0 Å². The molecule has 0 spiro atoms. The van der Waals surface area contributed by atoms with Gasteiger partial charge in [-0.3, -0.25) is 9.59 Å². The van der Waals surface area contributed by atoms with Gasteiger partial charge in [-0.15, -0.1) is 0 Å². The predicted molar refractivity (Wildman–Crippen MR) is 84.5 cm³/mol. The SMILES string of the molecule is [2H]c1cc2cc(OC(C)=O)c(C(=O)OC)c(OC(C)=O)c2cc1OC. The molecule has 7 nitrogen and oxygen atoms in total. The number of carbonyl (C=O) groups excluding carboxylic acids is 3. The van der Waals surface area contributed by atoms with Crippen molar-refractivity contribution < 1.29 is 34.7 Å². The molecule has 0 amide bonds. The fraction of sp³-hybridized carbons (Fsp3) is 0.235. The Labute approximate surface area is 139 Å². The van der Waals surface area contributed by atoms with Gasteiger partial charge in [-0.05, 0) is 23.6 Å². The molecule has 0 aromatic heterocycles. The molecule has 0 aliphatic rings. The second-order valence-electron chi connectivity index (χ2n) is 4.76. The van der Waals surface area contributed by atoms with Gasteiger partial charge < -0.3 is 18.9 Å². The summed E-state index contributed by atoms with van der Waals surface area (Å²) in [5.74, 6) is -2.24. The largest absolute Gasteiger partial charge is 0.497 e. The van der Waals surface area contributed by atoms with E-state index in [1.165, 1.54) is 39.2 Å². The third-order valence-electron chi connectivity index (χ3n) is 3.07. The molecule has 24 heavy (non-hydrogen) atoms. The van der Waals surface area contributed by atoms with Crippen molar-refractivity contribution in [2.75, 3.05) is 14.2 Å². The zero-order chi connectivity index (χ0) is 18.7. The van der Waals surface area contributed by atoms with Crippen LogP contribution in [0.25, 0.3) is 10.8 Å². The van der Waals surface area contributed by atoms with Crippen LogP contribution in [0.15, 0.2) is 24.2 Å². The monoisotopic (exact) mass is 333 g/mol. The normalized spacial score (nSPS) is 10.8. The third kappa shape index (κ3) is 3.45. The third-order valence-corrected chi connectivity index (χ3v) is 3.07. The fourth-order valence-electron chi connectivity index (χ4n) is 2.16. The van der Waals surface area contributed by atoms with Gasteiger partial charge in [0, 0.05) is 19.2 Å². The van der Waals surface area contributed by atoms with Crippen LogP contribution in [0.3, 0.4) is 0 Å². The van der Waals surface area contributed by atoms with Crippen LogP contribution in [-0.4, -0.2) is 32.1 Å². The van der Waals surface area contributed by atoms with Crippen LogP contribution in [0.5, 0.6) is 17.2 Å². The molecule has 0 saturated heterocycles. The lowest BCUT2D eigenvalue weighted by molar-refractivity contribution is -0.132. The van der Waals surface area contributed by atoms with Crippen molar-refractivity contribution in [3.8, 4) is 17.2 Å². The first-order valence-corrected chi connectivity index (χ1v) is 6.89. The van der Waals surface area contributed by atoms with Gasteiger partial charge in [0.05, 0.1) is 15.6 Å². The quantitative estimate of drug-likeness (QED) is 0.627. The Morgan fingerprint density at radius 1 is 1.04 bits per heavy atom. The van der Waals surface area contributed by atoms with Crippen LogP contribution in [0, 0.1) is 0 Å². The number of methoxy groups -OCH3 is 2. The number of esters is 3. The second-order valence-corrected chi connectivity index (χ2v) is 4.76. The summed E-state index contributed by atoms with van der Waals surface area (Å²) in [4.78, 5) is 35.1. The minimum absolute atomic E-state index is 0.0726. The Bertz CT molecular complexity index is 873. The van der Waals surface area contributed by atoms with E-state index in [1.807, 2.05) is 0 Å². The lowest BCUT2D eigenvalue weighted by atomic mass is 10.0. The average molecular weight is 333 g/mol. The van der Waals surface area contributed by atoms with Crippen molar-refractivity contribution in [2.24, 2.45) is 0 Å². The van der Waals surface area contributed by atoms with Crippen molar-refractivity contribution in [3.05, 3.63) is 29.8 Å². The highest BCUT2D eigenvalue weighted by Crippen LogP contribution is 2.39. The van der Waals surface area contributed by atoms with Crippen molar-refractivity contribution in [1.29, 1.82) is 0 Å². The van der Waals surface area contributed by atoms with Crippen LogP contribution in [-0.2, 0) is 14.3 Å². The van der Waals surface area contributed by atoms with E-state index in [-0.39, 0.29) is 28.9 Å². The van der Waals surface area contributed by atoms with Gasteiger partial charge in [0.2, 0.25) is 0 Å². The smallest absolute Gasteiger partial charge is 0.345 e. The number of benzene rings is 2. The number of rotatable bonds is 4. The van der Waals surface area contributed by atoms with Gasteiger partial charge in [0.15, 0.2) is 5.75 Å². The lowest BCUT2D eigenvalue weighted by Gasteiger charge is -2.15. The number of carbonyl (C=O) groups is 3. The van der Waals surface area contributed by atoms with Crippen molar-refractivity contribution >= 4 is 28.7 Å². The number of ether oxygens (including phenoxy) is 4. The molecule has 2 aromatic carbocycles. The molecule has 126 valence electrons. The van der Waals surface area contributed by atoms with E-state index in [0.29, 0.717) is 10.8 Å². The molecular weight excluding hydrogens is 316 g/mol. The average Bonchev–Trinajstić information content (AvgIpc) is 2.52. The molecule has 0 N–H and O–H groups in total. The molecule has 0 aliphatic carbocycles. The standard InChI is InChI=1S/C17H16O7/c1-9(18)23-14-7-11-5-6-12(21-3)8-13(11)16(24-10(2)19)15(14)17(20)22-4/h5-8H,1-4H3/i6D. The van der Waals surface area contributed by atoms with E-state index in [4.69, 9.17) is 20.3 Å². The van der Waals surface area contributed by atoms with E-state index in [2.05, 4.69) is 0 Å². The molecule has 0 heterocycles. The fourth-order valence-corrected chi connectivity index (χ4v) is 2.16. The van der Waals surface area contributed by atoms with E-state index < -0.39 is 17.9 Å². The summed E-state index contributed by atoms with van der Waals surface area (Å²) >= 11 is 0. The van der Waals surface area contributed by atoms with Crippen LogP contribution < -0.4 is 14.2 Å². The Balaban J connectivity index is 2.93. The van der Waals surface area contributed by atoms with Gasteiger partial charge >= 0.3 is 17.9 Å². The predicted octanol–water partition coefficient (Wildman–Crippen LogP) is 2.49. The number of fused-ring (bicyclic) bond motifs is 1. The molecule has 0 fully saturated rings. The number of hydrogen-bond acceptors (Lipinski definition) is 7. The summed E-state index contributed by atoms with van der Waals surface area (Å²) in [6.07, 6.45) is 0. The Hall–Kier alpha value is -3.09. The Morgan fingerprint density at radius 2 is 1.71 bits per heavy atom. The molecular formula is C17H16O7. The maximum Gasteiger partial charge on any atom is 0.345 e. The lowest BCUT2D eigenvalue weighted by Crippen LogP contribution is -2.13. The summed E-state index contributed by atoms with van der Waals surface area (Å²) in [5.41, 5.74) is -0.208. The van der Waals surface area contributed by atoms with Gasteiger partial charge in [-0.25, -0.2) is 4.79 Å². The van der Waals surface area contributed by atoms with Crippen LogP contribution in [0.1, 0.15) is 25.6 Å². The summed E-state index contributed by atoms with van der Waals surface area (Å²) in [6, 6.07) is 4.37. The van der Waals surface area contributed by atoms with Crippen LogP contribution in [0.4, 0.5) is 0 Å². The molecule has 0 radical (unpaired) electrons. The van der Waals surface area contributed by atoms with Crippen molar-refractivity contribution in [2.45, 2.75) is 13.8 Å². The first kappa shape index (κ1) is 15.8. The summed E-state index contributed by atoms with van der Waals surface area (Å²) in [7, 11) is 2.54. The molecule has 0 saturated carbocycles. The Morgan fingerprint density at radius 3 is 2.25 bits per heavy atom. The van der Waals surface area contributed by atoms with E-state index in [0.717, 1.165) is 7.11 Å². The minimum atomic E-state index is -0.844. The molecule has 2 aromatic rings. The highest BCUT2D eigenvalue weighted by molar-refractivity contribution is 6.06. The second kappa shape index (κ2) is 6.99. The van der Waals surface area contributed by atoms with Crippen molar-refractivity contribution in [1.82, 2.24) is 0 Å². The molecule has 7 heteroatoms. The topological polar surface area (TPSA) is 88.1 Å². The van der Waals surface area contributed by atoms with Crippen LogP contribution >= 0.6 is 0 Å². The zero-order valence-electron chi connectivity index (χ0n) is 14.6. The highest BCUT2D eigenvalue weighted by Gasteiger charge is 2.25. The number of hydrogen-bond donors (Lipinski definition) is 0.